The second-order valence-corrected chi connectivity index (χ2v) is 6.88. The molecule has 0 N–H and O–H groups in total. The van der Waals surface area contributed by atoms with Crippen LogP contribution in [-0.4, -0.2) is 9.97 Å². The zero-order valence-electron chi connectivity index (χ0n) is 9.64. The summed E-state index contributed by atoms with van der Waals surface area (Å²) >= 11 is 15.2. The summed E-state index contributed by atoms with van der Waals surface area (Å²) in [4.78, 5) is 8.61. The van der Waals surface area contributed by atoms with Crippen LogP contribution >= 0.6 is 46.3 Å². The number of thioether (sulfide) groups is 1. The van der Waals surface area contributed by atoms with Gasteiger partial charge in [0.25, 0.3) is 0 Å². The first kappa shape index (κ1) is 13.2. The van der Waals surface area contributed by atoms with E-state index in [0.717, 1.165) is 21.2 Å². The van der Waals surface area contributed by atoms with E-state index >= 15 is 0 Å². The molecular formula is C13H8Cl2N2S2. The van der Waals surface area contributed by atoms with Gasteiger partial charge in [0.1, 0.15) is 5.15 Å². The fourth-order valence-corrected chi connectivity index (χ4v) is 4.16. The fraction of sp³-hybridized carbons (Fsp3) is 0.0769. The van der Waals surface area contributed by atoms with Crippen molar-refractivity contribution in [3.8, 4) is 0 Å². The summed E-state index contributed by atoms with van der Waals surface area (Å²) in [5.41, 5.74) is 2.01. The molecule has 0 bridgehead atoms. The highest BCUT2D eigenvalue weighted by Gasteiger charge is 2.07. The molecule has 0 saturated carbocycles. The van der Waals surface area contributed by atoms with E-state index in [0.29, 0.717) is 10.2 Å². The third kappa shape index (κ3) is 3.03. The van der Waals surface area contributed by atoms with Crippen molar-refractivity contribution in [3.63, 3.8) is 0 Å². The van der Waals surface area contributed by atoms with E-state index in [1.165, 1.54) is 4.70 Å². The molecule has 0 amide bonds. The Morgan fingerprint density at radius 3 is 2.84 bits per heavy atom. The molecule has 96 valence electrons. The SMILES string of the molecule is Clc1cc(Cl)c(CSc2nc3ccccc3s2)cn1. The van der Waals surface area contributed by atoms with Crippen LogP contribution in [0.2, 0.25) is 10.2 Å². The number of hydrogen-bond donors (Lipinski definition) is 0. The predicted octanol–water partition coefficient (Wildman–Crippen LogP) is 5.29. The van der Waals surface area contributed by atoms with E-state index in [2.05, 4.69) is 16.0 Å². The Balaban J connectivity index is 1.78. The van der Waals surface area contributed by atoms with Crippen molar-refractivity contribution >= 4 is 56.5 Å². The molecule has 2 heterocycles. The van der Waals surface area contributed by atoms with E-state index in [1.807, 2.05) is 18.2 Å². The highest BCUT2D eigenvalue weighted by atomic mass is 35.5. The van der Waals surface area contributed by atoms with E-state index in [1.54, 1.807) is 35.4 Å². The minimum Gasteiger partial charge on any atom is -0.244 e. The minimum absolute atomic E-state index is 0.415. The molecule has 1 aromatic carbocycles. The highest BCUT2D eigenvalue weighted by molar-refractivity contribution is 8.00. The van der Waals surface area contributed by atoms with Crippen LogP contribution in [0.25, 0.3) is 10.2 Å². The number of fused-ring (bicyclic) bond motifs is 1. The number of para-hydroxylation sites is 1. The van der Waals surface area contributed by atoms with Gasteiger partial charge in [0.05, 0.1) is 10.2 Å². The Labute approximate surface area is 128 Å². The number of benzene rings is 1. The van der Waals surface area contributed by atoms with Crippen LogP contribution in [0, 0.1) is 0 Å². The lowest BCUT2D eigenvalue weighted by Crippen LogP contribution is -1.85. The number of nitrogens with zero attached hydrogens (tertiary/aromatic N) is 2. The minimum atomic E-state index is 0.415. The maximum atomic E-state index is 6.12. The lowest BCUT2D eigenvalue weighted by Gasteiger charge is -2.01. The van der Waals surface area contributed by atoms with Crippen molar-refractivity contribution in [2.24, 2.45) is 0 Å². The van der Waals surface area contributed by atoms with Crippen molar-refractivity contribution in [1.82, 2.24) is 9.97 Å². The first-order valence-corrected chi connectivity index (χ1v) is 8.06. The molecule has 6 heteroatoms. The number of thiazole rings is 1. The highest BCUT2D eigenvalue weighted by Crippen LogP contribution is 2.32. The van der Waals surface area contributed by atoms with Gasteiger partial charge in [0, 0.05) is 17.0 Å². The molecular weight excluding hydrogens is 319 g/mol. The summed E-state index contributed by atoms with van der Waals surface area (Å²) < 4.78 is 2.23. The van der Waals surface area contributed by atoms with Crippen LogP contribution in [-0.2, 0) is 5.75 Å². The van der Waals surface area contributed by atoms with Crippen LogP contribution in [0.1, 0.15) is 5.56 Å². The summed E-state index contributed by atoms with van der Waals surface area (Å²) in [6.45, 7) is 0. The van der Waals surface area contributed by atoms with Crippen molar-refractivity contribution < 1.29 is 0 Å². The number of halogens is 2. The van der Waals surface area contributed by atoms with Crippen LogP contribution < -0.4 is 0 Å². The van der Waals surface area contributed by atoms with Crippen LogP contribution in [0.4, 0.5) is 0 Å². The number of hydrogen-bond acceptors (Lipinski definition) is 4. The Morgan fingerprint density at radius 1 is 1.21 bits per heavy atom. The third-order valence-electron chi connectivity index (χ3n) is 2.52. The van der Waals surface area contributed by atoms with Gasteiger partial charge in [-0.2, -0.15) is 0 Å². The van der Waals surface area contributed by atoms with Crippen molar-refractivity contribution in [3.05, 3.63) is 52.3 Å². The van der Waals surface area contributed by atoms with Gasteiger partial charge in [-0.05, 0) is 23.8 Å². The van der Waals surface area contributed by atoms with Crippen molar-refractivity contribution in [2.75, 3.05) is 0 Å². The zero-order chi connectivity index (χ0) is 13.2. The molecule has 0 atom stereocenters. The summed E-state index contributed by atoms with van der Waals surface area (Å²) in [7, 11) is 0. The standard InChI is InChI=1S/C13H8Cl2N2S2/c14-9-5-12(15)16-6-8(9)7-18-13-17-10-3-1-2-4-11(10)19-13/h1-6H,7H2. The molecule has 2 nitrogen and oxygen atoms in total. The molecule has 0 aliphatic carbocycles. The van der Waals surface area contributed by atoms with Gasteiger partial charge in [0.2, 0.25) is 0 Å². The van der Waals surface area contributed by atoms with Gasteiger partial charge in [-0.3, -0.25) is 0 Å². The molecule has 19 heavy (non-hydrogen) atoms. The molecule has 0 aliphatic rings. The van der Waals surface area contributed by atoms with E-state index in [-0.39, 0.29) is 0 Å². The fourth-order valence-electron chi connectivity index (χ4n) is 1.59. The zero-order valence-corrected chi connectivity index (χ0v) is 12.8. The first-order valence-electron chi connectivity index (χ1n) is 5.50. The van der Waals surface area contributed by atoms with Gasteiger partial charge in [-0.1, -0.05) is 47.1 Å². The van der Waals surface area contributed by atoms with E-state index < -0.39 is 0 Å². The second kappa shape index (κ2) is 5.67. The van der Waals surface area contributed by atoms with Crippen LogP contribution in [0.5, 0.6) is 0 Å². The van der Waals surface area contributed by atoms with E-state index in [9.17, 15) is 0 Å². The maximum Gasteiger partial charge on any atom is 0.151 e. The molecule has 0 unspecified atom stereocenters. The molecule has 0 fully saturated rings. The maximum absolute atomic E-state index is 6.12. The first-order chi connectivity index (χ1) is 9.22. The van der Waals surface area contributed by atoms with Crippen molar-refractivity contribution in [1.29, 1.82) is 0 Å². The largest absolute Gasteiger partial charge is 0.244 e. The number of aromatic nitrogens is 2. The lowest BCUT2D eigenvalue weighted by molar-refractivity contribution is 1.24. The Morgan fingerprint density at radius 2 is 2.05 bits per heavy atom. The normalized spacial score (nSPS) is 11.1. The van der Waals surface area contributed by atoms with Crippen molar-refractivity contribution in [2.45, 2.75) is 10.1 Å². The summed E-state index contributed by atoms with van der Waals surface area (Å²) in [5.74, 6) is 0.739. The molecule has 0 saturated heterocycles. The Kier molecular flexibility index (Phi) is 3.93. The molecule has 0 aliphatic heterocycles. The topological polar surface area (TPSA) is 25.8 Å². The number of pyridine rings is 1. The quantitative estimate of drug-likeness (QED) is 0.483. The summed E-state index contributed by atoms with van der Waals surface area (Å²) in [6, 6.07) is 9.78. The average Bonchev–Trinajstić information content (AvgIpc) is 2.80. The summed E-state index contributed by atoms with van der Waals surface area (Å²) in [6.07, 6.45) is 1.71. The molecule has 2 aromatic heterocycles. The Hall–Kier alpha value is -0.810. The van der Waals surface area contributed by atoms with Crippen LogP contribution in [0.3, 0.4) is 0 Å². The van der Waals surface area contributed by atoms with E-state index in [4.69, 9.17) is 23.2 Å². The number of rotatable bonds is 3. The monoisotopic (exact) mass is 326 g/mol. The van der Waals surface area contributed by atoms with Crippen LogP contribution in [0.15, 0.2) is 40.9 Å². The van der Waals surface area contributed by atoms with Gasteiger partial charge in [-0.15, -0.1) is 11.3 Å². The molecule has 0 spiro atoms. The van der Waals surface area contributed by atoms with Gasteiger partial charge < -0.3 is 0 Å². The average molecular weight is 327 g/mol. The molecule has 3 aromatic rings. The summed E-state index contributed by atoms with van der Waals surface area (Å²) in [5, 5.41) is 1.06. The second-order valence-electron chi connectivity index (χ2n) is 3.83. The Bertz CT molecular complexity index is 694. The molecule has 0 radical (unpaired) electrons. The van der Waals surface area contributed by atoms with Gasteiger partial charge >= 0.3 is 0 Å². The molecule has 3 rings (SSSR count). The van der Waals surface area contributed by atoms with Gasteiger partial charge in [0.15, 0.2) is 4.34 Å². The van der Waals surface area contributed by atoms with Gasteiger partial charge in [-0.25, -0.2) is 9.97 Å². The smallest absolute Gasteiger partial charge is 0.151 e. The lowest BCUT2D eigenvalue weighted by atomic mass is 10.3. The third-order valence-corrected chi connectivity index (χ3v) is 5.31. The predicted molar refractivity (Wildman–Crippen MR) is 83.4 cm³/mol.